The van der Waals surface area contributed by atoms with Crippen LogP contribution in [0.4, 0.5) is 5.69 Å². The lowest BCUT2D eigenvalue weighted by Crippen LogP contribution is -2.06. The highest BCUT2D eigenvalue weighted by atomic mass is 16.5. The Balaban J connectivity index is 2.02. The van der Waals surface area contributed by atoms with Crippen molar-refractivity contribution in [3.05, 3.63) is 59.2 Å². The third-order valence-corrected chi connectivity index (χ3v) is 3.20. The van der Waals surface area contributed by atoms with E-state index in [1.54, 1.807) is 18.2 Å². The number of methoxy groups -OCH3 is 1. The second-order valence-corrected chi connectivity index (χ2v) is 4.74. The van der Waals surface area contributed by atoms with E-state index >= 15 is 0 Å². The number of benzene rings is 2. The molecule has 4 nitrogen and oxygen atoms in total. The predicted octanol–water partition coefficient (Wildman–Crippen LogP) is 3.20. The van der Waals surface area contributed by atoms with Gasteiger partial charge in [0.15, 0.2) is 0 Å². The van der Waals surface area contributed by atoms with Gasteiger partial charge in [0, 0.05) is 11.8 Å². The Bertz CT molecular complexity index is 620. The highest BCUT2D eigenvalue weighted by Crippen LogP contribution is 2.19. The van der Waals surface area contributed by atoms with Gasteiger partial charge in [-0.15, -0.1) is 0 Å². The number of esters is 1. The Kier molecular flexibility index (Phi) is 4.82. The first kappa shape index (κ1) is 14.9. The molecule has 0 spiro atoms. The lowest BCUT2D eigenvalue weighted by atomic mass is 10.1. The molecule has 0 unspecified atom stereocenters. The van der Waals surface area contributed by atoms with Crippen molar-refractivity contribution < 1.29 is 14.3 Å². The molecule has 2 N–H and O–H groups in total. The zero-order valence-corrected chi connectivity index (χ0v) is 12.3. The minimum absolute atomic E-state index is 0.236. The summed E-state index contributed by atoms with van der Waals surface area (Å²) in [4.78, 5) is 12.0. The van der Waals surface area contributed by atoms with Gasteiger partial charge in [0.25, 0.3) is 0 Å². The molecule has 2 aromatic rings. The first-order valence-electron chi connectivity index (χ1n) is 6.82. The van der Waals surface area contributed by atoms with E-state index in [9.17, 15) is 4.79 Å². The Morgan fingerprint density at radius 2 is 1.76 bits per heavy atom. The molecule has 110 valence electrons. The van der Waals surface area contributed by atoms with Crippen molar-refractivity contribution in [1.82, 2.24) is 0 Å². The van der Waals surface area contributed by atoms with Gasteiger partial charge >= 0.3 is 5.97 Å². The van der Waals surface area contributed by atoms with E-state index in [-0.39, 0.29) is 6.61 Å². The molecule has 0 aliphatic heterocycles. The van der Waals surface area contributed by atoms with Crippen molar-refractivity contribution in [1.29, 1.82) is 0 Å². The van der Waals surface area contributed by atoms with Gasteiger partial charge < -0.3 is 15.2 Å². The molecule has 0 radical (unpaired) electrons. The maximum absolute atomic E-state index is 12.0. The van der Waals surface area contributed by atoms with Crippen LogP contribution in [0.2, 0.25) is 0 Å². The van der Waals surface area contributed by atoms with Crippen LogP contribution in [0.25, 0.3) is 0 Å². The molecule has 0 aromatic heterocycles. The van der Waals surface area contributed by atoms with E-state index in [4.69, 9.17) is 15.2 Å². The molecule has 0 heterocycles. The molecule has 0 saturated carbocycles. The largest absolute Gasteiger partial charge is 0.497 e. The van der Waals surface area contributed by atoms with Gasteiger partial charge in [0.05, 0.1) is 12.7 Å². The fraction of sp³-hybridized carbons (Fsp3) is 0.235. The molecule has 0 aliphatic rings. The zero-order chi connectivity index (χ0) is 15.2. The second-order valence-electron chi connectivity index (χ2n) is 4.74. The summed E-state index contributed by atoms with van der Waals surface area (Å²) in [6.07, 6.45) is 0.989. The molecule has 0 saturated heterocycles. The first-order valence-corrected chi connectivity index (χ1v) is 6.82. The lowest BCUT2D eigenvalue weighted by Gasteiger charge is -2.08. The number of hydrogen-bond donors (Lipinski definition) is 1. The van der Waals surface area contributed by atoms with Gasteiger partial charge in [-0.3, -0.25) is 0 Å². The summed E-state index contributed by atoms with van der Waals surface area (Å²) in [6.45, 7) is 2.34. The minimum Gasteiger partial charge on any atom is -0.497 e. The van der Waals surface area contributed by atoms with Crippen LogP contribution < -0.4 is 10.5 Å². The van der Waals surface area contributed by atoms with Crippen molar-refractivity contribution >= 4 is 11.7 Å². The number of hydrogen-bond acceptors (Lipinski definition) is 4. The van der Waals surface area contributed by atoms with E-state index in [1.807, 2.05) is 24.3 Å². The highest BCUT2D eigenvalue weighted by Gasteiger charge is 2.10. The number of anilines is 1. The fourth-order valence-corrected chi connectivity index (χ4v) is 1.96. The Labute approximate surface area is 124 Å². The molecule has 0 bridgehead atoms. The van der Waals surface area contributed by atoms with E-state index < -0.39 is 5.97 Å². The third-order valence-electron chi connectivity index (χ3n) is 3.20. The molecular formula is C17H19NO3. The summed E-state index contributed by atoms with van der Waals surface area (Å²) < 4.78 is 10.4. The average Bonchev–Trinajstić information content (AvgIpc) is 2.52. The highest BCUT2D eigenvalue weighted by molar-refractivity contribution is 5.91. The van der Waals surface area contributed by atoms with Crippen LogP contribution in [0.1, 0.15) is 28.4 Å². The summed E-state index contributed by atoms with van der Waals surface area (Å²) in [5.74, 6) is 0.120. The van der Waals surface area contributed by atoms with E-state index in [0.717, 1.165) is 12.0 Å². The fourth-order valence-electron chi connectivity index (χ4n) is 1.96. The Morgan fingerprint density at radius 1 is 1.10 bits per heavy atom. The topological polar surface area (TPSA) is 61.5 Å². The van der Waals surface area contributed by atoms with E-state index in [0.29, 0.717) is 17.0 Å². The maximum atomic E-state index is 12.0. The molecule has 0 atom stereocenters. The molecule has 4 heteroatoms. The van der Waals surface area contributed by atoms with Crippen molar-refractivity contribution in [3.8, 4) is 5.75 Å². The number of rotatable bonds is 5. The predicted molar refractivity (Wildman–Crippen MR) is 82.3 cm³/mol. The summed E-state index contributed by atoms with van der Waals surface area (Å²) in [6, 6.07) is 12.8. The summed E-state index contributed by atoms with van der Waals surface area (Å²) in [7, 11) is 1.53. The van der Waals surface area contributed by atoms with Gasteiger partial charge in [-0.1, -0.05) is 31.2 Å². The minimum atomic E-state index is -0.417. The number of nitrogens with two attached hydrogens (primary N) is 1. The Hall–Kier alpha value is -2.49. The van der Waals surface area contributed by atoms with Crippen LogP contribution >= 0.6 is 0 Å². The van der Waals surface area contributed by atoms with Crippen molar-refractivity contribution in [2.75, 3.05) is 12.8 Å². The van der Waals surface area contributed by atoms with Gasteiger partial charge in [-0.05, 0) is 29.7 Å². The molecule has 0 aliphatic carbocycles. The summed E-state index contributed by atoms with van der Waals surface area (Å²) in [5, 5.41) is 0. The van der Waals surface area contributed by atoms with Crippen molar-refractivity contribution in [2.45, 2.75) is 20.0 Å². The molecule has 2 rings (SSSR count). The number of aryl methyl sites for hydroxylation is 1. The van der Waals surface area contributed by atoms with Crippen LogP contribution in [-0.4, -0.2) is 13.1 Å². The van der Waals surface area contributed by atoms with Gasteiger partial charge in [0.2, 0.25) is 0 Å². The summed E-state index contributed by atoms with van der Waals surface area (Å²) >= 11 is 0. The summed E-state index contributed by atoms with van der Waals surface area (Å²) in [5.41, 5.74) is 8.79. The van der Waals surface area contributed by atoms with E-state index in [1.165, 1.54) is 12.7 Å². The SMILES string of the molecule is CCc1ccc(COC(=O)c2cc(N)cc(OC)c2)cc1. The molecule has 21 heavy (non-hydrogen) atoms. The van der Waals surface area contributed by atoms with Crippen LogP contribution in [0.15, 0.2) is 42.5 Å². The van der Waals surface area contributed by atoms with Crippen molar-refractivity contribution in [2.24, 2.45) is 0 Å². The van der Waals surface area contributed by atoms with Crippen LogP contribution in [0, 0.1) is 0 Å². The average molecular weight is 285 g/mol. The second kappa shape index (κ2) is 6.79. The smallest absolute Gasteiger partial charge is 0.338 e. The van der Waals surface area contributed by atoms with Gasteiger partial charge in [-0.2, -0.15) is 0 Å². The standard InChI is InChI=1S/C17H19NO3/c1-3-12-4-6-13(7-5-12)11-21-17(19)14-8-15(18)10-16(9-14)20-2/h4-10H,3,11,18H2,1-2H3. The Morgan fingerprint density at radius 3 is 2.38 bits per heavy atom. The van der Waals surface area contributed by atoms with E-state index in [2.05, 4.69) is 6.92 Å². The number of carbonyl (C=O) groups excluding carboxylic acids is 1. The van der Waals surface area contributed by atoms with Crippen LogP contribution in [0.5, 0.6) is 5.75 Å². The maximum Gasteiger partial charge on any atom is 0.338 e. The van der Waals surface area contributed by atoms with Gasteiger partial charge in [-0.25, -0.2) is 4.79 Å². The molecular weight excluding hydrogens is 266 g/mol. The molecule has 0 fully saturated rings. The monoisotopic (exact) mass is 285 g/mol. The van der Waals surface area contributed by atoms with Gasteiger partial charge in [0.1, 0.15) is 12.4 Å². The number of ether oxygens (including phenoxy) is 2. The van der Waals surface area contributed by atoms with Crippen molar-refractivity contribution in [3.63, 3.8) is 0 Å². The number of carbonyl (C=O) groups is 1. The zero-order valence-electron chi connectivity index (χ0n) is 12.3. The first-order chi connectivity index (χ1) is 10.1. The molecule has 2 aromatic carbocycles. The van der Waals surface area contributed by atoms with Crippen LogP contribution in [-0.2, 0) is 17.8 Å². The quantitative estimate of drug-likeness (QED) is 0.677. The van der Waals surface area contributed by atoms with Crippen LogP contribution in [0.3, 0.4) is 0 Å². The number of nitrogen functional groups attached to an aromatic ring is 1. The third kappa shape index (κ3) is 3.99. The molecule has 0 amide bonds. The lowest BCUT2D eigenvalue weighted by molar-refractivity contribution is 0.0472. The normalized spacial score (nSPS) is 10.2.